The van der Waals surface area contributed by atoms with Crippen LogP contribution in [0.3, 0.4) is 0 Å². The van der Waals surface area contributed by atoms with Gasteiger partial charge in [-0.3, -0.25) is 0 Å². The second-order valence-electron chi connectivity index (χ2n) is 5.10. The summed E-state index contributed by atoms with van der Waals surface area (Å²) in [6.45, 7) is 4.94. The molecule has 0 radical (unpaired) electrons. The van der Waals surface area contributed by atoms with Crippen LogP contribution in [0.5, 0.6) is 0 Å². The molecule has 102 valence electrons. The van der Waals surface area contributed by atoms with Gasteiger partial charge in [-0.1, -0.05) is 25.4 Å². The molecule has 0 amide bonds. The fraction of sp³-hybridized carbons (Fsp3) is 0.533. The lowest BCUT2D eigenvalue weighted by molar-refractivity contribution is 0.0268. The Hall–Kier alpha value is -1.24. The summed E-state index contributed by atoms with van der Waals surface area (Å²) in [5.74, 6) is 0. The van der Waals surface area contributed by atoms with Crippen molar-refractivity contribution in [3.8, 4) is 6.07 Å². The number of aliphatic hydroxyl groups is 1. The minimum absolute atomic E-state index is 0.113. The van der Waals surface area contributed by atoms with Crippen LogP contribution in [-0.4, -0.2) is 23.3 Å². The van der Waals surface area contributed by atoms with Gasteiger partial charge in [-0.25, -0.2) is 0 Å². The van der Waals surface area contributed by atoms with E-state index in [9.17, 15) is 5.11 Å². The van der Waals surface area contributed by atoms with Gasteiger partial charge in [-0.15, -0.1) is 0 Å². The Balaban J connectivity index is 2.33. The van der Waals surface area contributed by atoms with E-state index in [2.05, 4.69) is 17.9 Å². The molecule has 0 bridgehead atoms. The maximum absolute atomic E-state index is 10.6. The van der Waals surface area contributed by atoms with Crippen molar-refractivity contribution in [2.45, 2.75) is 44.8 Å². The molecule has 1 aromatic rings. The molecule has 3 nitrogen and oxygen atoms in total. The molecule has 2 atom stereocenters. The van der Waals surface area contributed by atoms with Crippen LogP contribution in [0.1, 0.15) is 38.7 Å². The second-order valence-corrected chi connectivity index (χ2v) is 5.51. The molecule has 1 saturated heterocycles. The first kappa shape index (κ1) is 14.2. The van der Waals surface area contributed by atoms with E-state index in [0.29, 0.717) is 10.6 Å². The Morgan fingerprint density at radius 2 is 2.26 bits per heavy atom. The summed E-state index contributed by atoms with van der Waals surface area (Å²) in [4.78, 5) is 2.20. The van der Waals surface area contributed by atoms with Crippen LogP contribution in [0.2, 0.25) is 5.02 Å². The maximum atomic E-state index is 10.6. The van der Waals surface area contributed by atoms with Crippen LogP contribution in [0.4, 0.5) is 5.69 Å². The van der Waals surface area contributed by atoms with Crippen molar-refractivity contribution >= 4 is 17.3 Å². The standard InChI is InChI=1S/C15H19ClN2O/c1-3-14-15(19,4-2)7-8-18(14)12-6-5-11(10-17)13(16)9-12/h5-6,9,14,19H,3-4,7-8H2,1-2H3. The van der Waals surface area contributed by atoms with Gasteiger partial charge in [0.2, 0.25) is 0 Å². The molecular formula is C15H19ClN2O. The highest BCUT2D eigenvalue weighted by Gasteiger charge is 2.43. The van der Waals surface area contributed by atoms with Crippen molar-refractivity contribution in [1.82, 2.24) is 0 Å². The van der Waals surface area contributed by atoms with Crippen molar-refractivity contribution in [3.63, 3.8) is 0 Å². The molecule has 0 spiro atoms. The Bertz CT molecular complexity index is 511. The van der Waals surface area contributed by atoms with E-state index in [4.69, 9.17) is 16.9 Å². The Labute approximate surface area is 119 Å². The fourth-order valence-electron chi connectivity index (χ4n) is 3.02. The van der Waals surface area contributed by atoms with E-state index in [1.807, 2.05) is 19.1 Å². The van der Waals surface area contributed by atoms with Gasteiger partial charge in [-0.2, -0.15) is 5.26 Å². The minimum atomic E-state index is -0.616. The number of halogens is 1. The molecule has 0 saturated carbocycles. The molecule has 1 aliphatic rings. The Morgan fingerprint density at radius 3 is 2.79 bits per heavy atom. The minimum Gasteiger partial charge on any atom is -0.388 e. The van der Waals surface area contributed by atoms with E-state index in [1.54, 1.807) is 6.07 Å². The fourth-order valence-corrected chi connectivity index (χ4v) is 3.24. The second kappa shape index (κ2) is 5.40. The molecule has 0 aliphatic carbocycles. The summed E-state index contributed by atoms with van der Waals surface area (Å²) in [6, 6.07) is 7.66. The van der Waals surface area contributed by atoms with E-state index in [0.717, 1.165) is 31.5 Å². The monoisotopic (exact) mass is 278 g/mol. The molecule has 4 heteroatoms. The molecule has 1 fully saturated rings. The highest BCUT2D eigenvalue weighted by atomic mass is 35.5. The van der Waals surface area contributed by atoms with E-state index in [1.165, 1.54) is 0 Å². The summed E-state index contributed by atoms with van der Waals surface area (Å²) < 4.78 is 0. The topological polar surface area (TPSA) is 47.3 Å². The predicted molar refractivity (Wildman–Crippen MR) is 77.4 cm³/mol. The van der Waals surface area contributed by atoms with Gasteiger partial charge in [0, 0.05) is 12.2 Å². The largest absolute Gasteiger partial charge is 0.388 e. The van der Waals surface area contributed by atoms with Crippen LogP contribution < -0.4 is 4.90 Å². The van der Waals surface area contributed by atoms with Crippen molar-refractivity contribution in [2.24, 2.45) is 0 Å². The zero-order valence-electron chi connectivity index (χ0n) is 11.4. The normalized spacial score (nSPS) is 26.5. The molecule has 1 aliphatic heterocycles. The van der Waals surface area contributed by atoms with Crippen LogP contribution >= 0.6 is 11.6 Å². The van der Waals surface area contributed by atoms with Crippen molar-refractivity contribution in [1.29, 1.82) is 5.26 Å². The highest BCUT2D eigenvalue weighted by Crippen LogP contribution is 2.37. The van der Waals surface area contributed by atoms with E-state index >= 15 is 0 Å². The smallest absolute Gasteiger partial charge is 0.101 e. The predicted octanol–water partition coefficient (Wildman–Crippen LogP) is 3.34. The van der Waals surface area contributed by atoms with Crippen molar-refractivity contribution in [3.05, 3.63) is 28.8 Å². The third kappa shape index (κ3) is 2.43. The first-order valence-electron chi connectivity index (χ1n) is 6.74. The Kier molecular flexibility index (Phi) is 4.03. The molecule has 19 heavy (non-hydrogen) atoms. The summed E-state index contributed by atoms with van der Waals surface area (Å²) >= 11 is 6.09. The van der Waals surface area contributed by atoms with Crippen LogP contribution in [-0.2, 0) is 0 Å². The number of rotatable bonds is 3. The molecule has 1 aromatic carbocycles. The SMILES string of the molecule is CCC1N(c2ccc(C#N)c(Cl)c2)CCC1(O)CC. The third-order valence-electron chi connectivity index (χ3n) is 4.19. The molecular weight excluding hydrogens is 260 g/mol. The lowest BCUT2D eigenvalue weighted by Crippen LogP contribution is -2.43. The van der Waals surface area contributed by atoms with Crippen LogP contribution in [0.15, 0.2) is 18.2 Å². The van der Waals surface area contributed by atoms with Gasteiger partial charge >= 0.3 is 0 Å². The molecule has 2 unspecified atom stereocenters. The summed E-state index contributed by atoms with van der Waals surface area (Å²) in [5, 5.41) is 20.0. The lowest BCUT2D eigenvalue weighted by atomic mass is 9.90. The number of nitriles is 1. The van der Waals surface area contributed by atoms with Crippen LogP contribution in [0, 0.1) is 11.3 Å². The van der Waals surface area contributed by atoms with Gasteiger partial charge in [0.05, 0.1) is 22.2 Å². The molecule has 0 aromatic heterocycles. The van der Waals surface area contributed by atoms with Gasteiger partial charge in [0.25, 0.3) is 0 Å². The quantitative estimate of drug-likeness (QED) is 0.922. The van der Waals surface area contributed by atoms with Gasteiger partial charge in [0.15, 0.2) is 0 Å². The first-order chi connectivity index (χ1) is 9.05. The van der Waals surface area contributed by atoms with E-state index < -0.39 is 5.60 Å². The molecule has 1 heterocycles. The lowest BCUT2D eigenvalue weighted by Gasteiger charge is -2.34. The zero-order valence-corrected chi connectivity index (χ0v) is 12.1. The Morgan fingerprint density at radius 1 is 1.53 bits per heavy atom. The summed E-state index contributed by atoms with van der Waals surface area (Å²) in [6.07, 6.45) is 2.42. The van der Waals surface area contributed by atoms with Crippen LogP contribution in [0.25, 0.3) is 0 Å². The van der Waals surface area contributed by atoms with E-state index in [-0.39, 0.29) is 6.04 Å². The van der Waals surface area contributed by atoms with Crippen molar-refractivity contribution < 1.29 is 5.11 Å². The molecule has 1 N–H and O–H groups in total. The number of nitrogens with zero attached hydrogens (tertiary/aromatic N) is 2. The number of benzene rings is 1. The average molecular weight is 279 g/mol. The highest BCUT2D eigenvalue weighted by molar-refractivity contribution is 6.32. The summed E-state index contributed by atoms with van der Waals surface area (Å²) in [7, 11) is 0. The number of anilines is 1. The molecule has 2 rings (SSSR count). The first-order valence-corrected chi connectivity index (χ1v) is 7.12. The van der Waals surface area contributed by atoms with Gasteiger partial charge in [0.1, 0.15) is 6.07 Å². The van der Waals surface area contributed by atoms with Gasteiger partial charge < -0.3 is 10.0 Å². The summed E-state index contributed by atoms with van der Waals surface area (Å²) in [5.41, 5.74) is 0.860. The number of hydrogen-bond acceptors (Lipinski definition) is 3. The third-order valence-corrected chi connectivity index (χ3v) is 4.50. The average Bonchev–Trinajstić information content (AvgIpc) is 2.76. The maximum Gasteiger partial charge on any atom is 0.101 e. The zero-order chi connectivity index (χ0) is 14.0. The van der Waals surface area contributed by atoms with Crippen molar-refractivity contribution in [2.75, 3.05) is 11.4 Å². The number of hydrogen-bond donors (Lipinski definition) is 1. The van der Waals surface area contributed by atoms with Gasteiger partial charge in [-0.05, 0) is 37.5 Å².